The Bertz CT molecular complexity index is 409. The summed E-state index contributed by atoms with van der Waals surface area (Å²) >= 11 is 0. The summed E-state index contributed by atoms with van der Waals surface area (Å²) in [6.45, 7) is 8.28. The zero-order valence-electron chi connectivity index (χ0n) is 12.1. The molecule has 0 aromatic rings. The molecule has 0 spiro atoms. The maximum Gasteiger partial charge on any atom is 0.533 e. The van der Waals surface area contributed by atoms with E-state index in [9.17, 15) is 9.59 Å². The number of carbonyl (C=O) groups is 2. The minimum absolute atomic E-state index is 0.168. The van der Waals surface area contributed by atoms with Crippen LogP contribution < -0.4 is 5.48 Å². The van der Waals surface area contributed by atoms with E-state index in [0.29, 0.717) is 5.76 Å². The molecule has 0 aliphatic carbocycles. The molecule has 1 aliphatic heterocycles. The summed E-state index contributed by atoms with van der Waals surface area (Å²) in [6, 6.07) is 0. The van der Waals surface area contributed by atoms with Crippen LogP contribution in [0.1, 0.15) is 34.6 Å². The van der Waals surface area contributed by atoms with Crippen LogP contribution >= 0.6 is 0 Å². The van der Waals surface area contributed by atoms with Crippen LogP contribution in [0.4, 0.5) is 9.59 Å². The zero-order valence-corrected chi connectivity index (χ0v) is 12.1. The van der Waals surface area contributed by atoms with Crippen LogP contribution in [0.25, 0.3) is 0 Å². The number of rotatable bonds is 2. The first-order chi connectivity index (χ1) is 9.07. The Kier molecular flexibility index (Phi) is 4.69. The maximum atomic E-state index is 11.2. The average molecular weight is 289 g/mol. The van der Waals surface area contributed by atoms with E-state index >= 15 is 0 Å². The second kappa shape index (κ2) is 5.89. The van der Waals surface area contributed by atoms with Gasteiger partial charge in [-0.15, -0.1) is 5.48 Å². The highest BCUT2D eigenvalue weighted by atomic mass is 16.8. The number of hydrogen-bond donors (Lipinski definition) is 1. The van der Waals surface area contributed by atoms with E-state index in [2.05, 4.69) is 4.84 Å². The lowest BCUT2D eigenvalue weighted by molar-refractivity contribution is -0.121. The lowest BCUT2D eigenvalue weighted by Gasteiger charge is -2.19. The van der Waals surface area contributed by atoms with Gasteiger partial charge in [0.15, 0.2) is 12.4 Å². The first-order valence-corrected chi connectivity index (χ1v) is 5.96. The number of hydroxylamine groups is 1. The molecule has 1 amide bonds. The molecule has 1 rings (SSSR count). The Morgan fingerprint density at radius 3 is 2.50 bits per heavy atom. The van der Waals surface area contributed by atoms with Crippen molar-refractivity contribution in [3.8, 4) is 0 Å². The third kappa shape index (κ3) is 6.17. The van der Waals surface area contributed by atoms with Crippen molar-refractivity contribution >= 4 is 12.2 Å². The number of carbonyl (C=O) groups excluding carboxylic acids is 2. The molecule has 0 unspecified atom stereocenters. The minimum Gasteiger partial charge on any atom is -0.457 e. The van der Waals surface area contributed by atoms with Crippen LogP contribution in [0.5, 0.6) is 0 Å². The molecule has 8 heteroatoms. The van der Waals surface area contributed by atoms with Gasteiger partial charge in [0.05, 0.1) is 0 Å². The number of amides is 1. The van der Waals surface area contributed by atoms with E-state index in [1.165, 1.54) is 6.26 Å². The van der Waals surface area contributed by atoms with Crippen molar-refractivity contribution in [1.82, 2.24) is 5.48 Å². The Morgan fingerprint density at radius 2 is 2.00 bits per heavy atom. The van der Waals surface area contributed by atoms with E-state index < -0.39 is 23.6 Å². The SMILES string of the molecule is CC(C)(C)OC(=O)NOC(=O)OCC1=COC(C)(C)O1. The summed E-state index contributed by atoms with van der Waals surface area (Å²) in [5, 5.41) is 0. The summed E-state index contributed by atoms with van der Waals surface area (Å²) in [4.78, 5) is 26.7. The normalized spacial score (nSPS) is 16.4. The minimum atomic E-state index is -1.09. The molecule has 1 N–H and O–H groups in total. The van der Waals surface area contributed by atoms with E-state index in [0.717, 1.165) is 0 Å². The summed E-state index contributed by atoms with van der Waals surface area (Å²) < 4.78 is 20.0. The van der Waals surface area contributed by atoms with Crippen LogP contribution in [0, 0.1) is 0 Å². The van der Waals surface area contributed by atoms with Crippen molar-refractivity contribution < 1.29 is 33.4 Å². The Balaban J connectivity index is 2.20. The smallest absolute Gasteiger partial charge is 0.457 e. The molecule has 0 radical (unpaired) electrons. The molecule has 0 aromatic carbocycles. The van der Waals surface area contributed by atoms with Gasteiger partial charge in [-0.05, 0) is 20.8 Å². The Hall–Kier alpha value is -2.12. The Morgan fingerprint density at radius 1 is 1.35 bits per heavy atom. The standard InChI is InChI=1S/C12H19NO7/c1-11(2,3)19-9(14)13-20-10(15)16-6-8-7-17-12(4,5)18-8/h7H,6H2,1-5H3,(H,13,14). The molecule has 0 aromatic heterocycles. The van der Waals surface area contributed by atoms with Crippen LogP contribution in [-0.2, 0) is 23.8 Å². The van der Waals surface area contributed by atoms with Crippen molar-refractivity contribution in [3.05, 3.63) is 12.0 Å². The summed E-state index contributed by atoms with van der Waals surface area (Å²) in [7, 11) is 0. The predicted molar refractivity (Wildman–Crippen MR) is 66.1 cm³/mol. The van der Waals surface area contributed by atoms with E-state index in [1.807, 2.05) is 0 Å². The van der Waals surface area contributed by atoms with E-state index in [-0.39, 0.29) is 6.61 Å². The lowest BCUT2D eigenvalue weighted by Crippen LogP contribution is -2.34. The van der Waals surface area contributed by atoms with Gasteiger partial charge < -0.3 is 23.8 Å². The van der Waals surface area contributed by atoms with Crippen molar-refractivity contribution in [2.24, 2.45) is 0 Å². The number of nitrogens with one attached hydrogen (secondary N) is 1. The van der Waals surface area contributed by atoms with Gasteiger partial charge in [0, 0.05) is 13.8 Å². The number of hydrogen-bond acceptors (Lipinski definition) is 7. The van der Waals surface area contributed by atoms with Crippen LogP contribution in [0.3, 0.4) is 0 Å². The lowest BCUT2D eigenvalue weighted by atomic mass is 10.2. The van der Waals surface area contributed by atoms with E-state index in [4.69, 9.17) is 18.9 Å². The quantitative estimate of drug-likeness (QED) is 0.615. The average Bonchev–Trinajstić information content (AvgIpc) is 2.61. The fourth-order valence-electron chi connectivity index (χ4n) is 1.18. The largest absolute Gasteiger partial charge is 0.533 e. The third-order valence-corrected chi connectivity index (χ3v) is 1.80. The monoisotopic (exact) mass is 289 g/mol. The van der Waals surface area contributed by atoms with E-state index in [1.54, 1.807) is 40.1 Å². The molecular formula is C12H19NO7. The fourth-order valence-corrected chi connectivity index (χ4v) is 1.18. The summed E-state index contributed by atoms with van der Waals surface area (Å²) in [6.07, 6.45) is -0.644. The van der Waals surface area contributed by atoms with Crippen LogP contribution in [0.15, 0.2) is 12.0 Å². The van der Waals surface area contributed by atoms with Gasteiger partial charge in [0.25, 0.3) is 0 Å². The summed E-state index contributed by atoms with van der Waals surface area (Å²) in [5.41, 5.74) is 1.11. The van der Waals surface area contributed by atoms with Crippen LogP contribution in [-0.4, -0.2) is 30.2 Å². The van der Waals surface area contributed by atoms with Crippen molar-refractivity contribution in [3.63, 3.8) is 0 Å². The van der Waals surface area contributed by atoms with Gasteiger partial charge in [-0.25, -0.2) is 9.59 Å². The van der Waals surface area contributed by atoms with Crippen molar-refractivity contribution in [2.75, 3.05) is 6.61 Å². The molecular weight excluding hydrogens is 270 g/mol. The molecule has 0 atom stereocenters. The maximum absolute atomic E-state index is 11.2. The molecule has 1 aliphatic rings. The molecule has 0 saturated heterocycles. The molecule has 0 bridgehead atoms. The van der Waals surface area contributed by atoms with Gasteiger partial charge in [-0.1, -0.05) is 0 Å². The van der Waals surface area contributed by atoms with Crippen LogP contribution in [0.2, 0.25) is 0 Å². The highest BCUT2D eigenvalue weighted by Gasteiger charge is 2.28. The molecule has 1 heterocycles. The van der Waals surface area contributed by atoms with Gasteiger partial charge in [-0.2, -0.15) is 0 Å². The molecule has 0 fully saturated rings. The topological polar surface area (TPSA) is 92.3 Å². The zero-order chi connectivity index (χ0) is 15.4. The first-order valence-electron chi connectivity index (χ1n) is 5.96. The molecule has 114 valence electrons. The fraction of sp³-hybridized carbons (Fsp3) is 0.667. The van der Waals surface area contributed by atoms with Gasteiger partial charge in [-0.3, -0.25) is 0 Å². The van der Waals surface area contributed by atoms with Crippen molar-refractivity contribution in [2.45, 2.75) is 46.0 Å². The summed E-state index contributed by atoms with van der Waals surface area (Å²) in [5.74, 6) is -0.443. The van der Waals surface area contributed by atoms with Gasteiger partial charge in [0.2, 0.25) is 5.79 Å². The third-order valence-electron chi connectivity index (χ3n) is 1.80. The van der Waals surface area contributed by atoms with Crippen molar-refractivity contribution in [1.29, 1.82) is 0 Å². The van der Waals surface area contributed by atoms with Gasteiger partial charge >= 0.3 is 12.2 Å². The Labute approximate surface area is 116 Å². The highest BCUT2D eigenvalue weighted by Crippen LogP contribution is 2.24. The first kappa shape index (κ1) is 15.9. The number of ether oxygens (including phenoxy) is 4. The molecule has 20 heavy (non-hydrogen) atoms. The second-order valence-electron chi connectivity index (χ2n) is 5.45. The molecule has 8 nitrogen and oxygen atoms in total. The molecule has 0 saturated carbocycles. The highest BCUT2D eigenvalue weighted by molar-refractivity contribution is 5.69. The van der Waals surface area contributed by atoms with Gasteiger partial charge in [0.1, 0.15) is 11.9 Å². The second-order valence-corrected chi connectivity index (χ2v) is 5.45. The predicted octanol–water partition coefficient (Wildman–Crippen LogP) is 2.20.